The minimum absolute atomic E-state index is 0.176. The van der Waals surface area contributed by atoms with Crippen molar-refractivity contribution in [2.45, 2.75) is 38.7 Å². The van der Waals surface area contributed by atoms with Gasteiger partial charge < -0.3 is 10.6 Å². The molecule has 0 spiro atoms. The van der Waals surface area contributed by atoms with Gasteiger partial charge in [0.1, 0.15) is 0 Å². The summed E-state index contributed by atoms with van der Waals surface area (Å²) >= 11 is 0. The first-order valence-electron chi connectivity index (χ1n) is 10.7. The molecule has 2 amide bonds. The van der Waals surface area contributed by atoms with Crippen molar-refractivity contribution in [3.05, 3.63) is 72.1 Å². The zero-order valence-corrected chi connectivity index (χ0v) is 19.7. The third-order valence-corrected chi connectivity index (χ3v) is 4.66. The molecular weight excluding hydrogens is 456 g/mol. The van der Waals surface area contributed by atoms with E-state index in [1.807, 2.05) is 12.9 Å². The molecule has 0 fully saturated rings. The third kappa shape index (κ3) is 10.3. The van der Waals surface area contributed by atoms with Gasteiger partial charge in [-0.3, -0.25) is 14.6 Å². The van der Waals surface area contributed by atoms with Crippen LogP contribution in [0, 0.1) is 18.2 Å². The van der Waals surface area contributed by atoms with Crippen molar-refractivity contribution in [1.29, 1.82) is 5.26 Å². The second-order valence-corrected chi connectivity index (χ2v) is 7.43. The Hall–Kier alpha value is -3.87. The van der Waals surface area contributed by atoms with Gasteiger partial charge in [-0.2, -0.15) is 13.2 Å². The Labute approximate surface area is 204 Å². The summed E-state index contributed by atoms with van der Waals surface area (Å²) in [6.07, 6.45) is 1.85. The highest BCUT2D eigenvalue weighted by Crippen LogP contribution is 2.28. The summed E-state index contributed by atoms with van der Waals surface area (Å²) in [6.45, 7) is 10.8. The number of nitrogens with zero attached hydrogens (tertiary/aromatic N) is 2. The van der Waals surface area contributed by atoms with Crippen molar-refractivity contribution in [3.8, 4) is 5.97 Å². The predicted molar refractivity (Wildman–Crippen MR) is 132 cm³/mol. The Kier molecular flexibility index (Phi) is 12.0. The second kappa shape index (κ2) is 14.4. The van der Waals surface area contributed by atoms with Crippen LogP contribution in [0.25, 0.3) is 12.2 Å². The lowest BCUT2D eigenvalue weighted by molar-refractivity contribution is -0.137. The molecule has 6 nitrogen and oxygen atoms in total. The molecule has 1 radical (unpaired) electrons. The third-order valence-electron chi connectivity index (χ3n) is 4.66. The van der Waals surface area contributed by atoms with E-state index in [1.165, 1.54) is 25.6 Å². The van der Waals surface area contributed by atoms with Gasteiger partial charge in [0.2, 0.25) is 11.8 Å². The Morgan fingerprint density at radius 1 is 1.23 bits per heavy atom. The number of amides is 2. The molecule has 0 aliphatic carbocycles. The number of nitriles is 1. The molecule has 0 bridgehead atoms. The van der Waals surface area contributed by atoms with Gasteiger partial charge in [0.15, 0.2) is 0 Å². The van der Waals surface area contributed by atoms with E-state index < -0.39 is 17.6 Å². The Bertz CT molecular complexity index is 1060. The van der Waals surface area contributed by atoms with Gasteiger partial charge in [0.25, 0.3) is 7.28 Å². The van der Waals surface area contributed by atoms with Crippen LogP contribution < -0.4 is 10.6 Å². The van der Waals surface area contributed by atoms with Crippen LogP contribution in [-0.2, 0) is 15.8 Å². The van der Waals surface area contributed by atoms with Crippen LogP contribution in [0.4, 0.5) is 18.9 Å². The zero-order valence-electron chi connectivity index (χ0n) is 19.7. The molecule has 1 unspecified atom stereocenters. The van der Waals surface area contributed by atoms with Crippen molar-refractivity contribution < 1.29 is 22.8 Å². The van der Waals surface area contributed by atoms with Crippen molar-refractivity contribution in [3.63, 3.8) is 0 Å². The number of halogens is 3. The van der Waals surface area contributed by atoms with Crippen LogP contribution in [0.1, 0.15) is 42.1 Å². The summed E-state index contributed by atoms with van der Waals surface area (Å²) < 4.78 is 35.8. The van der Waals surface area contributed by atoms with E-state index in [4.69, 9.17) is 5.26 Å². The normalized spacial score (nSPS) is 11.1. The first-order chi connectivity index (χ1) is 16.5. The lowest BCUT2D eigenvalue weighted by Crippen LogP contribution is -2.36. The summed E-state index contributed by atoms with van der Waals surface area (Å²) in [4.78, 5) is 28.0. The average molecular weight is 483 g/mol. The Morgan fingerprint density at radius 2 is 1.89 bits per heavy atom. The van der Waals surface area contributed by atoms with Crippen molar-refractivity contribution in [2.75, 3.05) is 11.9 Å². The number of aromatic nitrogens is 1. The SMILES string of the molecule is C=Cc1cc(NC(=O)CNC(=O)C([B]C#N)CCC)cnc1C=C.Cc1ccc(C(F)(F)F)cc1. The molecule has 35 heavy (non-hydrogen) atoms. The summed E-state index contributed by atoms with van der Waals surface area (Å²) in [6, 6.07) is 6.77. The molecule has 183 valence electrons. The molecule has 1 atom stereocenters. The van der Waals surface area contributed by atoms with Gasteiger partial charge in [-0.05, 0) is 43.6 Å². The van der Waals surface area contributed by atoms with Crippen molar-refractivity contribution in [1.82, 2.24) is 10.3 Å². The Morgan fingerprint density at radius 3 is 2.40 bits per heavy atom. The van der Waals surface area contributed by atoms with Gasteiger partial charge in [0.05, 0.1) is 29.7 Å². The lowest BCUT2D eigenvalue weighted by Gasteiger charge is -2.12. The molecule has 2 N–H and O–H groups in total. The lowest BCUT2D eigenvalue weighted by atomic mass is 9.64. The standard InChI is InChI=1S/C17H20BN4O2.C8H7F3/c1-4-7-14(18-11-19)17(24)21-10-16(23)22-13-8-12(5-2)15(6-3)20-9-13;1-6-2-4-7(5-3-6)8(9,10)11/h5-6,8-9,14H,2-4,7,10H2,1H3,(H,21,24)(H,22,23);2-5H,1H3. The number of pyridine rings is 1. The number of anilines is 1. The molecule has 0 saturated heterocycles. The first kappa shape index (κ1) is 29.2. The van der Waals surface area contributed by atoms with Crippen LogP contribution in [0.3, 0.4) is 0 Å². The van der Waals surface area contributed by atoms with E-state index >= 15 is 0 Å². The predicted octanol–water partition coefficient (Wildman–Crippen LogP) is 5.21. The van der Waals surface area contributed by atoms with Crippen LogP contribution in [0.15, 0.2) is 49.7 Å². The van der Waals surface area contributed by atoms with E-state index in [9.17, 15) is 22.8 Å². The van der Waals surface area contributed by atoms with Crippen LogP contribution in [0.2, 0.25) is 5.82 Å². The van der Waals surface area contributed by atoms with Gasteiger partial charge in [0, 0.05) is 11.4 Å². The maximum atomic E-state index is 12.0. The van der Waals surface area contributed by atoms with Crippen molar-refractivity contribution >= 4 is 36.9 Å². The summed E-state index contributed by atoms with van der Waals surface area (Å²) in [5.41, 5.74) is 2.16. The van der Waals surface area contributed by atoms with E-state index in [0.717, 1.165) is 29.7 Å². The van der Waals surface area contributed by atoms with Crippen LogP contribution in [-0.4, -0.2) is 30.6 Å². The quantitative estimate of drug-likeness (QED) is 0.479. The number of aryl methyl sites for hydroxylation is 1. The minimum atomic E-state index is -4.21. The molecule has 1 aromatic heterocycles. The number of benzene rings is 1. The van der Waals surface area contributed by atoms with Gasteiger partial charge >= 0.3 is 6.18 Å². The number of rotatable bonds is 9. The molecule has 0 aliphatic rings. The molecular formula is C25H27BF3N4O2. The highest BCUT2D eigenvalue weighted by Gasteiger charge is 2.29. The number of carbonyl (C=O) groups excluding carboxylic acids is 2. The first-order valence-corrected chi connectivity index (χ1v) is 10.7. The van der Waals surface area contributed by atoms with E-state index in [2.05, 4.69) is 28.8 Å². The van der Waals surface area contributed by atoms with E-state index in [1.54, 1.807) is 25.1 Å². The van der Waals surface area contributed by atoms with E-state index in [-0.39, 0.29) is 18.4 Å². The van der Waals surface area contributed by atoms with Gasteiger partial charge in [-0.1, -0.05) is 50.3 Å². The smallest absolute Gasteiger partial charge is 0.347 e. The second-order valence-electron chi connectivity index (χ2n) is 7.43. The molecule has 0 aliphatic heterocycles. The number of carbonyl (C=O) groups is 2. The number of hydrogen-bond donors (Lipinski definition) is 2. The monoisotopic (exact) mass is 483 g/mol. The fourth-order valence-electron chi connectivity index (χ4n) is 2.83. The number of nitrogens with one attached hydrogen (secondary N) is 2. The fraction of sp³-hybridized carbons (Fsp3) is 0.280. The average Bonchev–Trinajstić information content (AvgIpc) is 2.82. The maximum absolute atomic E-state index is 12.0. The van der Waals surface area contributed by atoms with Gasteiger partial charge in [-0.25, -0.2) is 5.26 Å². The maximum Gasteiger partial charge on any atom is 0.416 e. The molecule has 0 saturated carbocycles. The molecule has 2 aromatic rings. The van der Waals surface area contributed by atoms with E-state index in [0.29, 0.717) is 17.8 Å². The largest absolute Gasteiger partial charge is 0.416 e. The number of alkyl halides is 3. The minimum Gasteiger partial charge on any atom is -0.347 e. The van der Waals surface area contributed by atoms with Gasteiger partial charge in [-0.15, -0.1) is 0 Å². The molecule has 1 aromatic carbocycles. The highest BCUT2D eigenvalue weighted by molar-refractivity contribution is 6.52. The zero-order chi connectivity index (χ0) is 26.4. The van der Waals surface area contributed by atoms with Crippen LogP contribution >= 0.6 is 0 Å². The number of hydrogen-bond acceptors (Lipinski definition) is 4. The summed E-state index contributed by atoms with van der Waals surface area (Å²) in [5.74, 6) is 0.657. The topological polar surface area (TPSA) is 94.9 Å². The molecule has 1 heterocycles. The molecule has 2 rings (SSSR count). The highest BCUT2D eigenvalue weighted by atomic mass is 19.4. The summed E-state index contributed by atoms with van der Waals surface area (Å²) in [5, 5.41) is 13.9. The van der Waals surface area contributed by atoms with Crippen LogP contribution in [0.5, 0.6) is 0 Å². The Balaban J connectivity index is 0.000000462. The fourth-order valence-corrected chi connectivity index (χ4v) is 2.83. The molecule has 10 heteroatoms. The summed E-state index contributed by atoms with van der Waals surface area (Å²) in [7, 11) is 1.28. The van der Waals surface area contributed by atoms with Crippen molar-refractivity contribution in [2.24, 2.45) is 0 Å².